The first-order chi connectivity index (χ1) is 9.70. The highest BCUT2D eigenvalue weighted by molar-refractivity contribution is 9.10. The summed E-state index contributed by atoms with van der Waals surface area (Å²) in [4.78, 5) is 8.39. The standard InChI is InChI=1S/C15H19BrN4/c1-2-5-19-14(12-7-13(16)10-18-9-12)8-11-4-3-6-20-15(11)17/h3-4,6-7,9-10,14,19H,2,5,8H2,1H3,(H2,17,20). The van der Waals surface area contributed by atoms with E-state index in [2.05, 4.69) is 44.2 Å². The van der Waals surface area contributed by atoms with E-state index in [1.54, 1.807) is 12.4 Å². The van der Waals surface area contributed by atoms with E-state index in [1.807, 2.05) is 18.3 Å². The molecule has 0 saturated carbocycles. The molecule has 1 unspecified atom stereocenters. The minimum atomic E-state index is 0.187. The normalized spacial score (nSPS) is 12.3. The molecule has 2 rings (SSSR count). The SMILES string of the molecule is CCCNC(Cc1cccnc1N)c1cncc(Br)c1. The van der Waals surface area contributed by atoms with Gasteiger partial charge in [0.05, 0.1) is 0 Å². The van der Waals surface area contributed by atoms with E-state index in [0.29, 0.717) is 5.82 Å². The number of nitrogens with two attached hydrogens (primary N) is 1. The third-order valence-corrected chi connectivity index (χ3v) is 3.55. The summed E-state index contributed by atoms with van der Waals surface area (Å²) < 4.78 is 0.984. The van der Waals surface area contributed by atoms with E-state index in [4.69, 9.17) is 5.73 Å². The number of aromatic nitrogens is 2. The van der Waals surface area contributed by atoms with Crippen LogP contribution in [0.5, 0.6) is 0 Å². The Morgan fingerprint density at radius 2 is 2.25 bits per heavy atom. The largest absolute Gasteiger partial charge is 0.383 e. The lowest BCUT2D eigenvalue weighted by Crippen LogP contribution is -2.24. The number of nitrogen functional groups attached to an aromatic ring is 1. The molecule has 2 heterocycles. The molecule has 2 aromatic heterocycles. The molecule has 106 valence electrons. The molecule has 5 heteroatoms. The van der Waals surface area contributed by atoms with Crippen LogP contribution in [-0.2, 0) is 6.42 Å². The van der Waals surface area contributed by atoms with Gasteiger partial charge >= 0.3 is 0 Å². The molecule has 0 amide bonds. The van der Waals surface area contributed by atoms with Gasteiger partial charge in [0.15, 0.2) is 0 Å². The van der Waals surface area contributed by atoms with E-state index in [-0.39, 0.29) is 6.04 Å². The summed E-state index contributed by atoms with van der Waals surface area (Å²) >= 11 is 3.47. The number of nitrogens with one attached hydrogen (secondary N) is 1. The van der Waals surface area contributed by atoms with Gasteiger partial charge in [0.2, 0.25) is 0 Å². The highest BCUT2D eigenvalue weighted by atomic mass is 79.9. The molecule has 20 heavy (non-hydrogen) atoms. The summed E-state index contributed by atoms with van der Waals surface area (Å²) in [5.41, 5.74) is 8.15. The fraction of sp³-hybridized carbons (Fsp3) is 0.333. The Balaban J connectivity index is 2.21. The van der Waals surface area contributed by atoms with Crippen LogP contribution in [0.2, 0.25) is 0 Å². The van der Waals surface area contributed by atoms with Gasteiger partial charge in [0, 0.05) is 29.1 Å². The Morgan fingerprint density at radius 3 is 2.95 bits per heavy atom. The lowest BCUT2D eigenvalue weighted by atomic mass is 10.0. The number of rotatable bonds is 6. The summed E-state index contributed by atoms with van der Waals surface area (Å²) in [6.45, 7) is 3.11. The molecule has 0 spiro atoms. The van der Waals surface area contributed by atoms with E-state index in [9.17, 15) is 0 Å². The molecular weight excluding hydrogens is 316 g/mol. The molecule has 0 aliphatic heterocycles. The van der Waals surface area contributed by atoms with Crippen molar-refractivity contribution >= 4 is 21.7 Å². The molecule has 1 atom stereocenters. The maximum absolute atomic E-state index is 5.94. The second-order valence-corrected chi connectivity index (χ2v) is 5.61. The maximum atomic E-state index is 5.94. The molecule has 3 N–H and O–H groups in total. The van der Waals surface area contributed by atoms with E-state index >= 15 is 0 Å². The van der Waals surface area contributed by atoms with E-state index in [1.165, 1.54) is 0 Å². The van der Waals surface area contributed by atoms with Crippen LogP contribution in [0, 0.1) is 0 Å². The van der Waals surface area contributed by atoms with Crippen LogP contribution < -0.4 is 11.1 Å². The molecule has 0 aliphatic rings. The van der Waals surface area contributed by atoms with Crippen molar-refractivity contribution in [1.82, 2.24) is 15.3 Å². The number of hydrogen-bond acceptors (Lipinski definition) is 4. The number of halogens is 1. The molecule has 0 fully saturated rings. The Bertz CT molecular complexity index is 559. The van der Waals surface area contributed by atoms with Crippen LogP contribution in [0.3, 0.4) is 0 Å². The minimum Gasteiger partial charge on any atom is -0.383 e. The summed E-state index contributed by atoms with van der Waals surface area (Å²) in [5.74, 6) is 0.596. The average Bonchev–Trinajstić information content (AvgIpc) is 2.45. The first-order valence-electron chi connectivity index (χ1n) is 6.74. The predicted molar refractivity (Wildman–Crippen MR) is 85.3 cm³/mol. The zero-order valence-electron chi connectivity index (χ0n) is 11.5. The number of hydrogen-bond donors (Lipinski definition) is 2. The zero-order valence-corrected chi connectivity index (χ0v) is 13.1. The van der Waals surface area contributed by atoms with Crippen LogP contribution >= 0.6 is 15.9 Å². The highest BCUT2D eigenvalue weighted by Crippen LogP contribution is 2.22. The van der Waals surface area contributed by atoms with E-state index in [0.717, 1.165) is 35.0 Å². The van der Waals surface area contributed by atoms with E-state index < -0.39 is 0 Å². The Kier molecular flexibility index (Phi) is 5.49. The summed E-state index contributed by atoms with van der Waals surface area (Å²) in [6.07, 6.45) is 7.29. The van der Waals surface area contributed by atoms with Gasteiger partial charge < -0.3 is 11.1 Å². The van der Waals surface area contributed by atoms with Gasteiger partial charge in [-0.1, -0.05) is 13.0 Å². The summed E-state index contributed by atoms with van der Waals surface area (Å²) in [7, 11) is 0. The van der Waals surface area contributed by atoms with Crippen molar-refractivity contribution in [3.63, 3.8) is 0 Å². The summed E-state index contributed by atoms with van der Waals surface area (Å²) in [5, 5.41) is 3.54. The van der Waals surface area contributed by atoms with Crippen molar-refractivity contribution in [1.29, 1.82) is 0 Å². The lowest BCUT2D eigenvalue weighted by Gasteiger charge is -2.19. The molecule has 0 saturated heterocycles. The van der Waals surface area contributed by atoms with Crippen LogP contribution in [0.4, 0.5) is 5.82 Å². The Morgan fingerprint density at radius 1 is 1.40 bits per heavy atom. The van der Waals surface area contributed by atoms with Gasteiger partial charge in [-0.25, -0.2) is 4.98 Å². The van der Waals surface area contributed by atoms with Crippen molar-refractivity contribution in [3.8, 4) is 0 Å². The third kappa shape index (κ3) is 4.02. The molecule has 0 radical (unpaired) electrons. The number of anilines is 1. The van der Waals surface area contributed by atoms with Gasteiger partial charge in [-0.05, 0) is 58.6 Å². The first-order valence-corrected chi connectivity index (χ1v) is 7.53. The fourth-order valence-electron chi connectivity index (χ4n) is 2.09. The zero-order chi connectivity index (χ0) is 14.4. The Labute approximate surface area is 128 Å². The topological polar surface area (TPSA) is 63.8 Å². The van der Waals surface area contributed by atoms with Crippen LogP contribution in [0.25, 0.3) is 0 Å². The minimum absolute atomic E-state index is 0.187. The van der Waals surface area contributed by atoms with Gasteiger partial charge in [-0.2, -0.15) is 0 Å². The van der Waals surface area contributed by atoms with Crippen LogP contribution in [0.15, 0.2) is 41.3 Å². The molecule has 2 aromatic rings. The van der Waals surface area contributed by atoms with Crippen molar-refractivity contribution in [2.75, 3.05) is 12.3 Å². The maximum Gasteiger partial charge on any atom is 0.126 e. The van der Waals surface area contributed by atoms with Gasteiger partial charge in [-0.15, -0.1) is 0 Å². The van der Waals surface area contributed by atoms with Crippen molar-refractivity contribution < 1.29 is 0 Å². The Hall–Kier alpha value is -1.46. The van der Waals surface area contributed by atoms with Crippen molar-refractivity contribution in [3.05, 3.63) is 52.4 Å². The number of pyridine rings is 2. The smallest absolute Gasteiger partial charge is 0.126 e. The molecule has 0 aromatic carbocycles. The molecule has 0 aliphatic carbocycles. The monoisotopic (exact) mass is 334 g/mol. The van der Waals surface area contributed by atoms with Gasteiger partial charge in [0.1, 0.15) is 5.82 Å². The average molecular weight is 335 g/mol. The summed E-state index contributed by atoms with van der Waals surface area (Å²) in [6, 6.07) is 6.22. The second-order valence-electron chi connectivity index (χ2n) is 4.70. The molecule has 4 nitrogen and oxygen atoms in total. The highest BCUT2D eigenvalue weighted by Gasteiger charge is 2.14. The first kappa shape index (κ1) is 14.9. The lowest BCUT2D eigenvalue weighted by molar-refractivity contribution is 0.528. The number of nitrogens with zero attached hydrogens (tertiary/aromatic N) is 2. The fourth-order valence-corrected chi connectivity index (χ4v) is 2.47. The van der Waals surface area contributed by atoms with Crippen molar-refractivity contribution in [2.24, 2.45) is 0 Å². The molecular formula is C15H19BrN4. The third-order valence-electron chi connectivity index (χ3n) is 3.12. The predicted octanol–water partition coefficient (Wildman–Crippen LogP) is 3.10. The quantitative estimate of drug-likeness (QED) is 0.851. The second kappa shape index (κ2) is 7.36. The molecule has 0 bridgehead atoms. The van der Waals surface area contributed by atoms with Crippen molar-refractivity contribution in [2.45, 2.75) is 25.8 Å². The van der Waals surface area contributed by atoms with Crippen LogP contribution in [-0.4, -0.2) is 16.5 Å². The van der Waals surface area contributed by atoms with Gasteiger partial charge in [0.25, 0.3) is 0 Å². The van der Waals surface area contributed by atoms with Gasteiger partial charge in [-0.3, -0.25) is 4.98 Å². The van der Waals surface area contributed by atoms with Crippen LogP contribution in [0.1, 0.15) is 30.5 Å².